The highest BCUT2D eigenvalue weighted by Gasteiger charge is 2.45. The van der Waals surface area contributed by atoms with Crippen molar-refractivity contribution in [3.05, 3.63) is 58.7 Å². The summed E-state index contributed by atoms with van der Waals surface area (Å²) in [6, 6.07) is 9.93. The van der Waals surface area contributed by atoms with Crippen molar-refractivity contribution in [1.82, 2.24) is 0 Å². The lowest BCUT2D eigenvalue weighted by Crippen LogP contribution is -2.40. The van der Waals surface area contributed by atoms with E-state index in [0.717, 1.165) is 28.7 Å². The number of benzene rings is 2. The van der Waals surface area contributed by atoms with E-state index in [9.17, 15) is 18.0 Å². The molecule has 0 aliphatic heterocycles. The quantitative estimate of drug-likeness (QED) is 0.388. The fourth-order valence-electron chi connectivity index (χ4n) is 4.31. The number of alkyl halides is 3. The van der Waals surface area contributed by atoms with Gasteiger partial charge in [0.15, 0.2) is 5.60 Å². The molecule has 186 valence electrons. The predicted molar refractivity (Wildman–Crippen MR) is 121 cm³/mol. The van der Waals surface area contributed by atoms with E-state index >= 15 is 0 Å². The minimum Gasteiger partial charge on any atom is -0.476 e. The van der Waals surface area contributed by atoms with E-state index in [1.807, 2.05) is 13.8 Å². The highest BCUT2D eigenvalue weighted by molar-refractivity contribution is 5.79. The fraction of sp³-hybridized carbons (Fsp3) is 0.500. The molecule has 34 heavy (non-hydrogen) atoms. The molecule has 0 heterocycles. The van der Waals surface area contributed by atoms with Crippen LogP contribution in [-0.2, 0) is 14.3 Å². The molecule has 2 aromatic rings. The van der Waals surface area contributed by atoms with Gasteiger partial charge >= 0.3 is 12.3 Å². The zero-order chi connectivity index (χ0) is 25.3. The summed E-state index contributed by atoms with van der Waals surface area (Å²) in [6.07, 6.45) is -4.07. The van der Waals surface area contributed by atoms with Crippen LogP contribution in [-0.4, -0.2) is 31.6 Å². The maximum absolute atomic E-state index is 12.4. The zero-order valence-electron chi connectivity index (χ0n) is 20.3. The summed E-state index contributed by atoms with van der Waals surface area (Å²) in [4.78, 5) is 12.2. The van der Waals surface area contributed by atoms with Crippen LogP contribution in [0.3, 0.4) is 0 Å². The fourth-order valence-corrected chi connectivity index (χ4v) is 4.31. The molecule has 0 amide bonds. The highest BCUT2D eigenvalue weighted by atomic mass is 19.4. The molecule has 8 heteroatoms. The molecular formula is C26H31F3O5. The van der Waals surface area contributed by atoms with Gasteiger partial charge in [-0.1, -0.05) is 24.3 Å². The van der Waals surface area contributed by atoms with Crippen molar-refractivity contribution < 1.29 is 36.9 Å². The maximum atomic E-state index is 12.4. The Morgan fingerprint density at radius 3 is 2.15 bits per heavy atom. The van der Waals surface area contributed by atoms with Crippen molar-refractivity contribution in [2.45, 2.75) is 65.0 Å². The Bertz CT molecular complexity index is 991. The predicted octanol–water partition coefficient (Wildman–Crippen LogP) is 6.41. The molecule has 1 aliphatic carbocycles. The Morgan fingerprint density at radius 1 is 1.06 bits per heavy atom. The van der Waals surface area contributed by atoms with Gasteiger partial charge in [0.1, 0.15) is 11.5 Å². The molecule has 0 saturated heterocycles. The average molecular weight is 481 g/mol. The van der Waals surface area contributed by atoms with E-state index in [-0.39, 0.29) is 30.3 Å². The van der Waals surface area contributed by atoms with Gasteiger partial charge in [-0.25, -0.2) is 4.79 Å². The lowest BCUT2D eigenvalue weighted by atomic mass is 9.97. The Labute approximate surface area is 198 Å². The van der Waals surface area contributed by atoms with Crippen molar-refractivity contribution in [2.24, 2.45) is 5.92 Å². The van der Waals surface area contributed by atoms with Gasteiger partial charge in [-0.05, 0) is 87.3 Å². The minimum atomic E-state index is -4.72. The molecular weight excluding hydrogens is 449 g/mol. The summed E-state index contributed by atoms with van der Waals surface area (Å²) in [6.45, 7) is 9.29. The summed E-state index contributed by atoms with van der Waals surface area (Å²) in [5, 5.41) is 0. The first kappa shape index (κ1) is 25.9. The van der Waals surface area contributed by atoms with Crippen LogP contribution in [0.4, 0.5) is 13.2 Å². The summed E-state index contributed by atoms with van der Waals surface area (Å²) in [5.74, 6) is 0.421. The van der Waals surface area contributed by atoms with Gasteiger partial charge in [0.2, 0.25) is 0 Å². The van der Waals surface area contributed by atoms with Crippen molar-refractivity contribution in [3.8, 4) is 11.5 Å². The summed E-state index contributed by atoms with van der Waals surface area (Å²) in [5.41, 5.74) is 2.66. The number of esters is 1. The van der Waals surface area contributed by atoms with Gasteiger partial charge in [0, 0.05) is 7.11 Å². The lowest BCUT2D eigenvalue weighted by Gasteiger charge is -2.26. The first-order chi connectivity index (χ1) is 15.9. The average Bonchev–Trinajstić information content (AvgIpc) is 3.52. The van der Waals surface area contributed by atoms with E-state index in [2.05, 4.69) is 16.9 Å². The summed E-state index contributed by atoms with van der Waals surface area (Å²) in [7, 11) is 1.60. The van der Waals surface area contributed by atoms with Crippen molar-refractivity contribution in [2.75, 3.05) is 13.7 Å². The number of methoxy groups -OCH3 is 1. The largest absolute Gasteiger partial charge is 0.573 e. The monoisotopic (exact) mass is 480 g/mol. The first-order valence-corrected chi connectivity index (χ1v) is 11.2. The summed E-state index contributed by atoms with van der Waals surface area (Å²) >= 11 is 0. The molecule has 3 atom stereocenters. The third-order valence-corrected chi connectivity index (χ3v) is 5.96. The van der Waals surface area contributed by atoms with Crippen molar-refractivity contribution in [1.29, 1.82) is 0 Å². The Kier molecular flexibility index (Phi) is 7.50. The van der Waals surface area contributed by atoms with Crippen LogP contribution in [0.5, 0.6) is 11.5 Å². The number of halogens is 3. The normalized spacial score (nSPS) is 18.9. The Morgan fingerprint density at radius 2 is 1.65 bits per heavy atom. The second-order valence-electron chi connectivity index (χ2n) is 9.10. The second kappa shape index (κ2) is 9.86. The second-order valence-corrected chi connectivity index (χ2v) is 9.10. The molecule has 1 saturated carbocycles. The molecule has 0 bridgehead atoms. The van der Waals surface area contributed by atoms with E-state index in [1.165, 1.54) is 12.1 Å². The maximum Gasteiger partial charge on any atom is 0.573 e. The van der Waals surface area contributed by atoms with Gasteiger partial charge < -0.3 is 18.9 Å². The molecule has 5 nitrogen and oxygen atoms in total. The molecule has 3 rings (SSSR count). The van der Waals surface area contributed by atoms with E-state index in [0.29, 0.717) is 5.75 Å². The lowest BCUT2D eigenvalue weighted by molar-refractivity contribution is -0.274. The molecule has 0 radical (unpaired) electrons. The van der Waals surface area contributed by atoms with Gasteiger partial charge in [-0.2, -0.15) is 0 Å². The minimum absolute atomic E-state index is 0.195. The van der Waals surface area contributed by atoms with Crippen molar-refractivity contribution in [3.63, 3.8) is 0 Å². The molecule has 2 aromatic carbocycles. The molecule has 1 aliphatic rings. The summed E-state index contributed by atoms with van der Waals surface area (Å²) < 4.78 is 58.1. The van der Waals surface area contributed by atoms with Crippen LogP contribution in [0.1, 0.15) is 61.5 Å². The van der Waals surface area contributed by atoms with E-state index in [4.69, 9.17) is 14.2 Å². The van der Waals surface area contributed by atoms with Crippen LogP contribution in [0.15, 0.2) is 36.4 Å². The number of rotatable bonds is 9. The zero-order valence-corrected chi connectivity index (χ0v) is 20.3. The highest BCUT2D eigenvalue weighted by Crippen LogP contribution is 2.56. The molecule has 0 N–H and O–H groups in total. The van der Waals surface area contributed by atoms with Gasteiger partial charge in [0.05, 0.1) is 12.7 Å². The molecule has 0 aromatic heterocycles. The number of hydrogen-bond donors (Lipinski definition) is 0. The number of hydrogen-bond acceptors (Lipinski definition) is 5. The van der Waals surface area contributed by atoms with E-state index in [1.54, 1.807) is 40.0 Å². The van der Waals surface area contributed by atoms with Crippen molar-refractivity contribution >= 4 is 5.97 Å². The molecule has 3 unspecified atom stereocenters. The number of ether oxygens (including phenoxy) is 4. The van der Waals surface area contributed by atoms with Gasteiger partial charge in [-0.15, -0.1) is 13.2 Å². The molecule has 0 spiro atoms. The van der Waals surface area contributed by atoms with E-state index < -0.39 is 17.9 Å². The van der Waals surface area contributed by atoms with Crippen LogP contribution < -0.4 is 9.47 Å². The van der Waals surface area contributed by atoms with Crippen LogP contribution >= 0.6 is 0 Å². The third-order valence-electron chi connectivity index (χ3n) is 5.96. The third kappa shape index (κ3) is 6.03. The number of carbonyl (C=O) groups excluding carboxylic acids is 1. The smallest absolute Gasteiger partial charge is 0.476 e. The van der Waals surface area contributed by atoms with Crippen LogP contribution in [0, 0.1) is 19.8 Å². The standard InChI is InChI=1S/C26H31F3O5/c1-7-32-24(30)25(4,5)34-22-15(2)12-18(13-16(22)3)20-14-21(20)23(31-6)17-8-10-19(11-9-17)33-26(27,28)29/h8-13,20-21,23H,7,14H2,1-6H3. The Balaban J connectivity index is 1.74. The topological polar surface area (TPSA) is 54.0 Å². The van der Waals surface area contributed by atoms with Crippen LogP contribution in [0.25, 0.3) is 0 Å². The van der Waals surface area contributed by atoms with Crippen LogP contribution in [0.2, 0.25) is 0 Å². The first-order valence-electron chi connectivity index (χ1n) is 11.2. The number of carbonyl (C=O) groups is 1. The Hall–Kier alpha value is -2.74. The number of aryl methyl sites for hydroxylation is 2. The molecule has 1 fully saturated rings. The SMILES string of the molecule is CCOC(=O)C(C)(C)Oc1c(C)cc(C2CC2C(OC)c2ccc(OC(F)(F)F)cc2)cc1C. The van der Waals surface area contributed by atoms with Gasteiger partial charge in [-0.3, -0.25) is 0 Å². The van der Waals surface area contributed by atoms with Gasteiger partial charge in [0.25, 0.3) is 0 Å².